The first kappa shape index (κ1) is 21.4. The van der Waals surface area contributed by atoms with Gasteiger partial charge in [-0.05, 0) is 69.7 Å². The molecule has 0 aromatic heterocycles. The van der Waals surface area contributed by atoms with Crippen molar-refractivity contribution in [2.45, 2.75) is 44.8 Å². The molecule has 3 aromatic rings. The summed E-state index contributed by atoms with van der Waals surface area (Å²) in [5, 5.41) is 0. The van der Waals surface area contributed by atoms with Crippen molar-refractivity contribution in [3.63, 3.8) is 0 Å². The molecule has 1 aliphatic rings. The van der Waals surface area contributed by atoms with Crippen molar-refractivity contribution in [2.75, 3.05) is 0 Å². The van der Waals surface area contributed by atoms with Crippen molar-refractivity contribution in [3.05, 3.63) is 84.4 Å². The highest BCUT2D eigenvalue weighted by molar-refractivity contribution is 6.47. The van der Waals surface area contributed by atoms with Gasteiger partial charge in [-0.25, -0.2) is 0 Å². The average Bonchev–Trinajstić information content (AvgIpc) is 2.97. The lowest BCUT2D eigenvalue weighted by Crippen LogP contribution is -2.41. The fourth-order valence-corrected chi connectivity index (χ4v) is 3.32. The number of rotatable bonds is 6. The topological polar surface area (TPSA) is 62.9 Å². The summed E-state index contributed by atoms with van der Waals surface area (Å²) in [6.07, 6.45) is 0. The van der Waals surface area contributed by atoms with Gasteiger partial charge in [0.1, 0.15) is 11.5 Å². The summed E-state index contributed by atoms with van der Waals surface area (Å²) in [7, 11) is -0.560. The van der Waals surface area contributed by atoms with Crippen molar-refractivity contribution >= 4 is 7.12 Å². The predicted octanol–water partition coefficient (Wildman–Crippen LogP) is 5.90. The van der Waals surface area contributed by atoms with E-state index < -0.39 is 24.3 Å². The number of ether oxygens (including phenoxy) is 2. The normalized spacial score (nSPS) is 17.9. The van der Waals surface area contributed by atoms with Crippen LogP contribution in [0.15, 0.2) is 78.9 Å². The molecule has 0 unspecified atom stereocenters. The van der Waals surface area contributed by atoms with Crippen molar-refractivity contribution in [2.24, 2.45) is 5.73 Å². The molecule has 2 N–H and O–H groups in total. The molecule has 1 atom stereocenters. The number of hydrogen-bond acceptors (Lipinski definition) is 5. The van der Waals surface area contributed by atoms with Crippen LogP contribution in [-0.4, -0.2) is 18.3 Å². The summed E-state index contributed by atoms with van der Waals surface area (Å²) in [5.41, 5.74) is 6.50. The van der Waals surface area contributed by atoms with E-state index in [1.54, 1.807) is 0 Å². The van der Waals surface area contributed by atoms with Gasteiger partial charge in [-0.2, -0.15) is 0 Å². The molecule has 1 saturated heterocycles. The molecule has 6 heteroatoms. The van der Waals surface area contributed by atoms with Crippen LogP contribution in [0.1, 0.15) is 39.2 Å². The van der Waals surface area contributed by atoms with Crippen LogP contribution in [0.5, 0.6) is 23.0 Å². The Hall–Kier alpha value is -2.80. The van der Waals surface area contributed by atoms with Crippen LogP contribution in [0.4, 0.5) is 0 Å². The molecule has 0 spiro atoms. The Balaban J connectivity index is 1.64. The van der Waals surface area contributed by atoms with Crippen LogP contribution in [0, 0.1) is 0 Å². The largest absolute Gasteiger partial charge is 0.480 e. The van der Waals surface area contributed by atoms with E-state index >= 15 is 0 Å². The second-order valence-corrected chi connectivity index (χ2v) is 8.69. The molecule has 1 fully saturated rings. The fraction of sp³-hybridized carbons (Fsp3) is 0.280. The third-order valence-electron chi connectivity index (χ3n) is 5.86. The lowest BCUT2D eigenvalue weighted by Gasteiger charge is -2.32. The molecule has 4 rings (SSSR count). The molecule has 0 radical (unpaired) electrons. The zero-order chi connectivity index (χ0) is 22.1. The summed E-state index contributed by atoms with van der Waals surface area (Å²) < 4.78 is 24.5. The van der Waals surface area contributed by atoms with E-state index in [1.807, 2.05) is 107 Å². The molecular formula is C25H28BNO4. The number of nitrogens with two attached hydrogens (primary N) is 1. The molecule has 3 aromatic carbocycles. The van der Waals surface area contributed by atoms with Crippen molar-refractivity contribution in [1.82, 2.24) is 0 Å². The minimum absolute atomic E-state index is 0.449. The Morgan fingerprint density at radius 1 is 0.710 bits per heavy atom. The molecule has 0 amide bonds. The second kappa shape index (κ2) is 8.38. The highest BCUT2D eigenvalue weighted by Crippen LogP contribution is 2.41. The Labute approximate surface area is 184 Å². The van der Waals surface area contributed by atoms with Gasteiger partial charge in [-0.1, -0.05) is 42.5 Å². The lowest BCUT2D eigenvalue weighted by molar-refractivity contribution is 0.00578. The van der Waals surface area contributed by atoms with Gasteiger partial charge in [0.15, 0.2) is 11.5 Å². The molecule has 0 saturated carbocycles. The SMILES string of the molecule is CC1(C)OB([C@H](N)c2ccc(Oc3ccccc3)c(Oc3ccccc3)c2)OC1(C)C. The summed E-state index contributed by atoms with van der Waals surface area (Å²) >= 11 is 0. The average molecular weight is 417 g/mol. The lowest BCUT2D eigenvalue weighted by atomic mass is 9.75. The van der Waals surface area contributed by atoms with Gasteiger partial charge in [0.2, 0.25) is 0 Å². The molecule has 1 heterocycles. The maximum atomic E-state index is 6.56. The quantitative estimate of drug-likeness (QED) is 0.506. The van der Waals surface area contributed by atoms with E-state index in [0.717, 1.165) is 11.3 Å². The van der Waals surface area contributed by atoms with Crippen LogP contribution in [0.25, 0.3) is 0 Å². The zero-order valence-electron chi connectivity index (χ0n) is 18.4. The molecule has 0 aliphatic carbocycles. The van der Waals surface area contributed by atoms with E-state index in [9.17, 15) is 0 Å². The van der Waals surface area contributed by atoms with Crippen LogP contribution in [-0.2, 0) is 9.31 Å². The van der Waals surface area contributed by atoms with Crippen molar-refractivity contribution in [1.29, 1.82) is 0 Å². The number of para-hydroxylation sites is 2. The molecule has 1 aliphatic heterocycles. The Kier molecular flexibility index (Phi) is 5.80. The van der Waals surface area contributed by atoms with E-state index in [4.69, 9.17) is 24.5 Å². The number of benzene rings is 3. The highest BCUT2D eigenvalue weighted by Gasteiger charge is 2.53. The summed E-state index contributed by atoms with van der Waals surface area (Å²) in [6, 6.07) is 24.9. The molecule has 160 valence electrons. The minimum Gasteiger partial charge on any atom is -0.453 e. The Morgan fingerprint density at radius 3 is 1.71 bits per heavy atom. The first-order valence-electron chi connectivity index (χ1n) is 10.5. The monoisotopic (exact) mass is 417 g/mol. The van der Waals surface area contributed by atoms with Crippen LogP contribution >= 0.6 is 0 Å². The highest BCUT2D eigenvalue weighted by atomic mass is 16.7. The van der Waals surface area contributed by atoms with E-state index in [-0.39, 0.29) is 0 Å². The molecule has 0 bridgehead atoms. The minimum atomic E-state index is -0.560. The van der Waals surface area contributed by atoms with Gasteiger partial charge in [0, 0.05) is 0 Å². The van der Waals surface area contributed by atoms with Crippen LogP contribution in [0.2, 0.25) is 0 Å². The Morgan fingerprint density at radius 2 is 1.19 bits per heavy atom. The van der Waals surface area contributed by atoms with E-state index in [1.165, 1.54) is 0 Å². The summed E-state index contributed by atoms with van der Waals surface area (Å²) in [5.74, 6) is 2.12. The van der Waals surface area contributed by atoms with Gasteiger partial charge in [-0.15, -0.1) is 0 Å². The smallest absolute Gasteiger partial charge is 0.453 e. The molecule has 5 nitrogen and oxygen atoms in total. The van der Waals surface area contributed by atoms with Gasteiger partial charge in [0.05, 0.1) is 17.1 Å². The maximum Gasteiger partial charge on any atom is 0.480 e. The van der Waals surface area contributed by atoms with Gasteiger partial charge in [-0.3, -0.25) is 0 Å². The zero-order valence-corrected chi connectivity index (χ0v) is 18.4. The van der Waals surface area contributed by atoms with Crippen molar-refractivity contribution < 1.29 is 18.8 Å². The third kappa shape index (κ3) is 4.61. The molecule has 31 heavy (non-hydrogen) atoms. The van der Waals surface area contributed by atoms with Gasteiger partial charge >= 0.3 is 7.12 Å². The standard InChI is InChI=1S/C25H28BNO4/c1-24(2)25(3,4)31-26(30-24)23(27)18-15-16-21(28-19-11-7-5-8-12-19)22(17-18)29-20-13-9-6-10-14-20/h5-17,23H,27H2,1-4H3/t23-/m1/s1. The van der Waals surface area contributed by atoms with Crippen LogP contribution < -0.4 is 15.2 Å². The predicted molar refractivity (Wildman–Crippen MR) is 122 cm³/mol. The van der Waals surface area contributed by atoms with E-state index in [2.05, 4.69) is 0 Å². The van der Waals surface area contributed by atoms with E-state index in [0.29, 0.717) is 17.2 Å². The summed E-state index contributed by atoms with van der Waals surface area (Å²) in [6.45, 7) is 8.06. The van der Waals surface area contributed by atoms with Crippen LogP contribution in [0.3, 0.4) is 0 Å². The van der Waals surface area contributed by atoms with Gasteiger partial charge in [0.25, 0.3) is 0 Å². The maximum absolute atomic E-state index is 6.56. The van der Waals surface area contributed by atoms with Crippen molar-refractivity contribution in [3.8, 4) is 23.0 Å². The van der Waals surface area contributed by atoms with Gasteiger partial charge < -0.3 is 24.5 Å². The number of hydrogen-bond donors (Lipinski definition) is 1. The molecular weight excluding hydrogens is 389 g/mol. The first-order chi connectivity index (χ1) is 14.7. The third-order valence-corrected chi connectivity index (χ3v) is 5.86. The Bertz CT molecular complexity index is 1010. The fourth-order valence-electron chi connectivity index (χ4n) is 3.32. The first-order valence-corrected chi connectivity index (χ1v) is 10.5. The second-order valence-electron chi connectivity index (χ2n) is 8.69. The summed E-state index contributed by atoms with van der Waals surface area (Å²) in [4.78, 5) is 0.